The highest BCUT2D eigenvalue weighted by Crippen LogP contribution is 2.29. The topological polar surface area (TPSA) is 156 Å². The molecule has 0 atom stereocenters. The van der Waals surface area contributed by atoms with E-state index < -0.39 is 10.0 Å². The molecule has 36 heavy (non-hydrogen) atoms. The fourth-order valence-corrected chi connectivity index (χ4v) is 5.26. The van der Waals surface area contributed by atoms with Crippen molar-refractivity contribution in [3.63, 3.8) is 0 Å². The Labute approximate surface area is 206 Å². The van der Waals surface area contributed by atoms with Crippen molar-refractivity contribution in [3.8, 4) is 28.5 Å². The number of para-hydroxylation sites is 1. The quantitative estimate of drug-likeness (QED) is 0.308. The van der Waals surface area contributed by atoms with Gasteiger partial charge in [-0.15, -0.1) is 20.4 Å². The van der Waals surface area contributed by atoms with Gasteiger partial charge in [0.25, 0.3) is 0 Å². The monoisotopic (exact) mass is 503 g/mol. The molecular weight excluding hydrogens is 482 g/mol. The molecule has 2 N–H and O–H groups in total. The number of benzene rings is 3. The molecule has 5 rings (SSSR count). The summed E-state index contributed by atoms with van der Waals surface area (Å²) in [4.78, 5) is 0.0966. The highest BCUT2D eigenvalue weighted by Gasteiger charge is 2.28. The third kappa shape index (κ3) is 4.82. The van der Waals surface area contributed by atoms with Gasteiger partial charge in [-0.3, -0.25) is 0 Å². The van der Waals surface area contributed by atoms with Crippen molar-refractivity contribution in [2.45, 2.75) is 18.0 Å². The normalized spacial score (nSPS) is 11.6. The zero-order valence-electron chi connectivity index (χ0n) is 19.1. The Morgan fingerprint density at radius 3 is 1.69 bits per heavy atom. The standard InChI is InChI=1S/C23H21N9O3S/c1-35-20-4-2-3-5-21(20)36(33,34)32(14-16-6-10-18(11-7-16)22-24-28-29-25-22)15-17-8-12-19(13-9-17)23-26-30-31-27-23/h2-13H,14-15H2,1H3,(H,24,25,28,29)(H,26,27,30,31). The Bertz CT molecular complexity index is 1440. The van der Waals surface area contributed by atoms with Gasteiger partial charge in [0.15, 0.2) is 0 Å². The predicted octanol–water partition coefficient (Wildman–Crippen LogP) is 2.45. The van der Waals surface area contributed by atoms with Crippen LogP contribution in [0.5, 0.6) is 5.75 Å². The first kappa shape index (κ1) is 23.3. The molecule has 13 heteroatoms. The van der Waals surface area contributed by atoms with E-state index in [2.05, 4.69) is 41.2 Å². The summed E-state index contributed by atoms with van der Waals surface area (Å²) >= 11 is 0. The van der Waals surface area contributed by atoms with E-state index in [1.54, 1.807) is 24.3 Å². The van der Waals surface area contributed by atoms with Crippen molar-refractivity contribution < 1.29 is 13.2 Å². The van der Waals surface area contributed by atoms with E-state index in [9.17, 15) is 8.42 Å². The predicted molar refractivity (Wildman–Crippen MR) is 129 cm³/mol. The van der Waals surface area contributed by atoms with Crippen LogP contribution in [0.25, 0.3) is 22.8 Å². The fourth-order valence-electron chi connectivity index (χ4n) is 3.69. The van der Waals surface area contributed by atoms with E-state index in [4.69, 9.17) is 4.74 Å². The zero-order chi connectivity index (χ0) is 25.0. The molecule has 5 aromatic rings. The van der Waals surface area contributed by atoms with Crippen LogP contribution >= 0.6 is 0 Å². The summed E-state index contributed by atoms with van der Waals surface area (Å²) in [7, 11) is -2.47. The van der Waals surface area contributed by atoms with Crippen molar-refractivity contribution in [1.29, 1.82) is 0 Å². The highest BCUT2D eigenvalue weighted by atomic mass is 32.2. The molecule has 3 aromatic carbocycles. The molecule has 182 valence electrons. The number of hydrogen-bond donors (Lipinski definition) is 2. The Morgan fingerprint density at radius 1 is 0.750 bits per heavy atom. The van der Waals surface area contributed by atoms with Crippen LogP contribution in [0, 0.1) is 0 Å². The van der Waals surface area contributed by atoms with Crippen molar-refractivity contribution >= 4 is 10.0 Å². The molecule has 0 fully saturated rings. The van der Waals surface area contributed by atoms with E-state index in [1.807, 2.05) is 48.5 Å². The Kier molecular flexibility index (Phi) is 6.47. The number of rotatable bonds is 9. The maximum atomic E-state index is 13.8. The maximum Gasteiger partial charge on any atom is 0.247 e. The summed E-state index contributed by atoms with van der Waals surface area (Å²) in [6, 6.07) is 21.3. The summed E-state index contributed by atoms with van der Waals surface area (Å²) in [5.74, 6) is 1.20. The van der Waals surface area contributed by atoms with Crippen molar-refractivity contribution in [2.24, 2.45) is 0 Å². The number of methoxy groups -OCH3 is 1. The summed E-state index contributed by atoms with van der Waals surface area (Å²) in [5.41, 5.74) is 3.13. The van der Waals surface area contributed by atoms with E-state index in [0.29, 0.717) is 11.6 Å². The second kappa shape index (κ2) is 10.0. The van der Waals surface area contributed by atoms with Crippen molar-refractivity contribution in [3.05, 3.63) is 83.9 Å². The van der Waals surface area contributed by atoms with Gasteiger partial charge in [0.2, 0.25) is 21.7 Å². The SMILES string of the molecule is COc1ccccc1S(=O)(=O)N(Cc1ccc(-c2nn[nH]n2)cc1)Cc1ccc(-c2nn[nH]n2)cc1. The lowest BCUT2D eigenvalue weighted by molar-refractivity contribution is 0.383. The first-order valence-corrected chi connectivity index (χ1v) is 12.3. The van der Waals surface area contributed by atoms with E-state index in [0.717, 1.165) is 22.3 Å². The van der Waals surface area contributed by atoms with E-state index >= 15 is 0 Å². The molecule has 0 aliphatic heterocycles. The van der Waals surface area contributed by atoms with Gasteiger partial charge in [0, 0.05) is 24.2 Å². The van der Waals surface area contributed by atoms with Gasteiger partial charge in [0.1, 0.15) is 10.6 Å². The molecule has 0 unspecified atom stereocenters. The number of H-pyrrole nitrogens is 2. The minimum Gasteiger partial charge on any atom is -0.495 e. The average molecular weight is 504 g/mol. The maximum absolute atomic E-state index is 13.8. The Hall–Kier alpha value is -4.49. The first-order chi connectivity index (χ1) is 17.5. The number of hydrogen-bond acceptors (Lipinski definition) is 9. The smallest absolute Gasteiger partial charge is 0.247 e. The number of tetrazole rings is 2. The molecule has 0 saturated carbocycles. The van der Waals surface area contributed by atoms with E-state index in [-0.39, 0.29) is 23.7 Å². The van der Waals surface area contributed by atoms with Gasteiger partial charge in [-0.05, 0) is 33.7 Å². The van der Waals surface area contributed by atoms with Gasteiger partial charge >= 0.3 is 0 Å². The lowest BCUT2D eigenvalue weighted by Gasteiger charge is -2.24. The molecule has 2 heterocycles. The second-order valence-corrected chi connectivity index (χ2v) is 9.69. The third-order valence-corrected chi connectivity index (χ3v) is 7.35. The molecule has 0 radical (unpaired) electrons. The number of aromatic nitrogens is 8. The van der Waals surface area contributed by atoms with Crippen molar-refractivity contribution in [2.75, 3.05) is 7.11 Å². The average Bonchev–Trinajstić information content (AvgIpc) is 3.64. The largest absolute Gasteiger partial charge is 0.495 e. The third-order valence-electron chi connectivity index (χ3n) is 5.52. The van der Waals surface area contributed by atoms with Crippen LogP contribution < -0.4 is 4.74 Å². The van der Waals surface area contributed by atoms with Crippen LogP contribution in [0.3, 0.4) is 0 Å². The van der Waals surface area contributed by atoms with Crippen molar-refractivity contribution in [1.82, 2.24) is 45.6 Å². The second-order valence-electron chi connectivity index (χ2n) is 7.79. The molecule has 0 aliphatic rings. The summed E-state index contributed by atoms with van der Waals surface area (Å²) in [6.45, 7) is 0.277. The summed E-state index contributed by atoms with van der Waals surface area (Å²) in [5, 5.41) is 27.9. The Balaban J connectivity index is 1.46. The number of nitrogens with one attached hydrogen (secondary N) is 2. The van der Waals surface area contributed by atoms with E-state index in [1.165, 1.54) is 11.4 Å². The minimum absolute atomic E-state index is 0.0966. The van der Waals surface area contributed by atoms with Crippen LogP contribution in [-0.4, -0.2) is 61.1 Å². The first-order valence-electron chi connectivity index (χ1n) is 10.8. The molecule has 0 amide bonds. The zero-order valence-corrected chi connectivity index (χ0v) is 19.9. The molecule has 12 nitrogen and oxygen atoms in total. The van der Waals surface area contributed by atoms with Gasteiger partial charge < -0.3 is 4.74 Å². The summed E-state index contributed by atoms with van der Waals surface area (Å²) in [6.07, 6.45) is 0. The lowest BCUT2D eigenvalue weighted by Crippen LogP contribution is -2.30. The number of sulfonamides is 1. The highest BCUT2D eigenvalue weighted by molar-refractivity contribution is 7.89. The van der Waals surface area contributed by atoms with Gasteiger partial charge in [-0.1, -0.05) is 60.7 Å². The lowest BCUT2D eigenvalue weighted by atomic mass is 10.1. The number of ether oxygens (including phenoxy) is 1. The molecule has 0 spiro atoms. The van der Waals surface area contributed by atoms with Gasteiger partial charge in [-0.25, -0.2) is 8.42 Å². The number of aromatic amines is 2. The van der Waals surface area contributed by atoms with Crippen LogP contribution in [-0.2, 0) is 23.1 Å². The van der Waals surface area contributed by atoms with Crippen LogP contribution in [0.4, 0.5) is 0 Å². The Morgan fingerprint density at radius 2 is 1.25 bits per heavy atom. The molecule has 0 saturated heterocycles. The molecular formula is C23H21N9O3S. The minimum atomic E-state index is -3.92. The van der Waals surface area contributed by atoms with Crippen LogP contribution in [0.15, 0.2) is 77.7 Å². The molecule has 0 bridgehead atoms. The fraction of sp³-hybridized carbons (Fsp3) is 0.130. The molecule has 0 aliphatic carbocycles. The summed E-state index contributed by atoms with van der Waals surface area (Å²) < 4.78 is 34.4. The van der Waals surface area contributed by atoms with Crippen LogP contribution in [0.1, 0.15) is 11.1 Å². The molecule has 2 aromatic heterocycles. The van der Waals surface area contributed by atoms with Crippen LogP contribution in [0.2, 0.25) is 0 Å². The number of nitrogens with zero attached hydrogens (tertiary/aromatic N) is 7. The van der Waals surface area contributed by atoms with Gasteiger partial charge in [0.05, 0.1) is 7.11 Å². The van der Waals surface area contributed by atoms with Gasteiger partial charge in [-0.2, -0.15) is 14.7 Å².